The zero-order chi connectivity index (χ0) is 17.9. The molecule has 1 aliphatic heterocycles. The largest absolute Gasteiger partial charge is 0.465 e. The smallest absolute Gasteiger partial charge is 0.407 e. The first-order valence-corrected chi connectivity index (χ1v) is 8.78. The summed E-state index contributed by atoms with van der Waals surface area (Å²) in [6, 6.07) is 16.1. The number of carboxylic acid groups (broad SMARTS) is 1. The summed E-state index contributed by atoms with van der Waals surface area (Å²) in [5.41, 5.74) is 3.16. The van der Waals surface area contributed by atoms with Crippen LogP contribution in [-0.2, 0) is 11.2 Å². The van der Waals surface area contributed by atoms with Crippen molar-refractivity contribution in [2.45, 2.75) is 24.9 Å². The van der Waals surface area contributed by atoms with Crippen molar-refractivity contribution < 1.29 is 14.6 Å². The molecule has 0 bridgehead atoms. The summed E-state index contributed by atoms with van der Waals surface area (Å²) in [6.07, 6.45) is 1.30. The molecule has 1 fully saturated rings. The van der Waals surface area contributed by atoms with Crippen LogP contribution in [-0.4, -0.2) is 41.9 Å². The first kappa shape index (κ1) is 17.8. The number of rotatable bonds is 4. The zero-order valence-electron chi connectivity index (χ0n) is 14.2. The van der Waals surface area contributed by atoms with E-state index in [0.29, 0.717) is 25.9 Å². The number of carbonyl (C=O) groups is 1. The molecule has 132 valence electrons. The summed E-state index contributed by atoms with van der Waals surface area (Å²) in [5.74, 6) is 0. The number of nitrogens with zero attached hydrogens (tertiary/aromatic N) is 1. The van der Waals surface area contributed by atoms with Crippen molar-refractivity contribution in [1.29, 1.82) is 0 Å². The number of halogens is 1. The molecule has 5 heteroatoms. The highest BCUT2D eigenvalue weighted by molar-refractivity contribution is 6.30. The molecular formula is C20H22ClNO3. The lowest BCUT2D eigenvalue weighted by Gasteiger charge is -2.40. The van der Waals surface area contributed by atoms with Crippen LogP contribution < -0.4 is 0 Å². The number of ether oxygens (including phenoxy) is 1. The van der Waals surface area contributed by atoms with E-state index in [-0.39, 0.29) is 5.60 Å². The molecule has 2 aromatic carbocycles. The van der Waals surface area contributed by atoms with Gasteiger partial charge in [-0.25, -0.2) is 4.79 Å². The molecule has 0 radical (unpaired) electrons. The molecule has 0 aliphatic carbocycles. The van der Waals surface area contributed by atoms with Gasteiger partial charge in [-0.15, -0.1) is 0 Å². The van der Waals surface area contributed by atoms with Gasteiger partial charge < -0.3 is 14.7 Å². The summed E-state index contributed by atoms with van der Waals surface area (Å²) >= 11 is 6.01. The van der Waals surface area contributed by atoms with Crippen LogP contribution >= 0.6 is 11.6 Å². The topological polar surface area (TPSA) is 49.8 Å². The van der Waals surface area contributed by atoms with Gasteiger partial charge in [-0.05, 0) is 41.7 Å². The average molecular weight is 360 g/mol. The Morgan fingerprint density at radius 3 is 2.40 bits per heavy atom. The normalized spacial score (nSPS) is 16.6. The van der Waals surface area contributed by atoms with Gasteiger partial charge in [-0.1, -0.05) is 48.0 Å². The number of benzene rings is 2. The molecule has 0 spiro atoms. The average Bonchev–Trinajstić information content (AvgIpc) is 2.63. The van der Waals surface area contributed by atoms with E-state index in [9.17, 15) is 4.79 Å². The fourth-order valence-electron chi connectivity index (χ4n) is 3.49. The number of amides is 1. The summed E-state index contributed by atoms with van der Waals surface area (Å²) in [7, 11) is 1.72. The Bertz CT molecular complexity index is 737. The Labute approximate surface area is 153 Å². The molecule has 2 aromatic rings. The number of methoxy groups -OCH3 is 1. The van der Waals surface area contributed by atoms with Crippen molar-refractivity contribution in [3.63, 3.8) is 0 Å². The number of hydrogen-bond donors (Lipinski definition) is 1. The summed E-state index contributed by atoms with van der Waals surface area (Å²) in [4.78, 5) is 12.6. The summed E-state index contributed by atoms with van der Waals surface area (Å²) in [5, 5.41) is 9.88. The number of piperidine rings is 1. The van der Waals surface area contributed by atoms with Gasteiger partial charge in [0.2, 0.25) is 0 Å². The molecule has 0 atom stereocenters. The van der Waals surface area contributed by atoms with Crippen LogP contribution in [0.1, 0.15) is 18.4 Å². The van der Waals surface area contributed by atoms with Crippen LogP contribution in [0.25, 0.3) is 11.1 Å². The van der Waals surface area contributed by atoms with Gasteiger partial charge in [-0.2, -0.15) is 0 Å². The zero-order valence-corrected chi connectivity index (χ0v) is 15.0. The lowest BCUT2D eigenvalue weighted by molar-refractivity contribution is -0.0523. The molecule has 4 nitrogen and oxygen atoms in total. The number of hydrogen-bond acceptors (Lipinski definition) is 2. The molecule has 1 heterocycles. The van der Waals surface area contributed by atoms with E-state index in [1.165, 1.54) is 10.5 Å². The molecule has 0 saturated carbocycles. The van der Waals surface area contributed by atoms with Crippen LogP contribution in [0.4, 0.5) is 4.79 Å². The minimum atomic E-state index is -0.855. The van der Waals surface area contributed by atoms with E-state index in [0.717, 1.165) is 22.6 Å². The van der Waals surface area contributed by atoms with E-state index in [4.69, 9.17) is 21.4 Å². The van der Waals surface area contributed by atoms with Gasteiger partial charge in [0.15, 0.2) is 0 Å². The maximum absolute atomic E-state index is 11.2. The van der Waals surface area contributed by atoms with Crippen molar-refractivity contribution in [1.82, 2.24) is 4.90 Å². The quantitative estimate of drug-likeness (QED) is 0.860. The predicted molar refractivity (Wildman–Crippen MR) is 99.2 cm³/mol. The van der Waals surface area contributed by atoms with Gasteiger partial charge in [0.1, 0.15) is 0 Å². The van der Waals surface area contributed by atoms with Crippen LogP contribution in [0, 0.1) is 0 Å². The highest BCUT2D eigenvalue weighted by Gasteiger charge is 2.36. The molecule has 1 aliphatic rings. The first-order valence-electron chi connectivity index (χ1n) is 8.40. The second-order valence-electron chi connectivity index (χ2n) is 6.50. The van der Waals surface area contributed by atoms with Gasteiger partial charge in [0.25, 0.3) is 0 Å². The van der Waals surface area contributed by atoms with E-state index in [2.05, 4.69) is 12.1 Å². The van der Waals surface area contributed by atoms with Crippen molar-refractivity contribution in [2.75, 3.05) is 20.2 Å². The van der Waals surface area contributed by atoms with Gasteiger partial charge in [0.05, 0.1) is 5.60 Å². The van der Waals surface area contributed by atoms with Gasteiger partial charge >= 0.3 is 6.09 Å². The lowest BCUT2D eigenvalue weighted by atomic mass is 9.83. The monoisotopic (exact) mass is 359 g/mol. The standard InChI is InChI=1S/C20H22ClNO3/c1-25-20(10-12-22(13-11-20)19(23)24)14-16-4-2-3-5-18(16)15-6-8-17(21)9-7-15/h2-9H,10-14H2,1H3,(H,23,24). The molecular weight excluding hydrogens is 338 g/mol. The molecule has 0 aromatic heterocycles. The van der Waals surface area contributed by atoms with E-state index >= 15 is 0 Å². The van der Waals surface area contributed by atoms with Crippen LogP contribution in [0.15, 0.2) is 48.5 Å². The fourth-order valence-corrected chi connectivity index (χ4v) is 3.62. The highest BCUT2D eigenvalue weighted by Crippen LogP contribution is 2.34. The van der Waals surface area contributed by atoms with Gasteiger partial charge in [-0.3, -0.25) is 0 Å². The van der Waals surface area contributed by atoms with E-state index in [1.807, 2.05) is 36.4 Å². The Balaban J connectivity index is 1.85. The fraction of sp³-hybridized carbons (Fsp3) is 0.350. The van der Waals surface area contributed by atoms with Crippen molar-refractivity contribution in [3.05, 3.63) is 59.1 Å². The molecule has 1 saturated heterocycles. The molecule has 25 heavy (non-hydrogen) atoms. The van der Waals surface area contributed by atoms with E-state index < -0.39 is 6.09 Å². The third-order valence-corrected chi connectivity index (χ3v) is 5.32. The third kappa shape index (κ3) is 3.97. The van der Waals surface area contributed by atoms with E-state index in [1.54, 1.807) is 7.11 Å². The van der Waals surface area contributed by atoms with Crippen molar-refractivity contribution >= 4 is 17.7 Å². The van der Waals surface area contributed by atoms with Crippen LogP contribution in [0.3, 0.4) is 0 Å². The summed E-state index contributed by atoms with van der Waals surface area (Å²) in [6.45, 7) is 1.01. The Hall–Kier alpha value is -2.04. The lowest BCUT2D eigenvalue weighted by Crippen LogP contribution is -2.48. The van der Waals surface area contributed by atoms with Crippen molar-refractivity contribution in [3.8, 4) is 11.1 Å². The Kier molecular flexibility index (Phi) is 5.30. The second kappa shape index (κ2) is 7.46. The first-order chi connectivity index (χ1) is 12.0. The van der Waals surface area contributed by atoms with Crippen LogP contribution in [0.2, 0.25) is 5.02 Å². The summed E-state index contributed by atoms with van der Waals surface area (Å²) < 4.78 is 5.88. The number of likely N-dealkylation sites (tertiary alicyclic amines) is 1. The predicted octanol–water partition coefficient (Wildman–Crippen LogP) is 4.71. The SMILES string of the molecule is COC1(Cc2ccccc2-c2ccc(Cl)cc2)CCN(C(=O)O)CC1. The van der Waals surface area contributed by atoms with Crippen molar-refractivity contribution in [2.24, 2.45) is 0 Å². The minimum Gasteiger partial charge on any atom is -0.465 e. The van der Waals surface area contributed by atoms with Gasteiger partial charge in [0, 0.05) is 31.6 Å². The Morgan fingerprint density at radius 1 is 1.16 bits per heavy atom. The maximum atomic E-state index is 11.2. The Morgan fingerprint density at radius 2 is 1.80 bits per heavy atom. The highest BCUT2D eigenvalue weighted by atomic mass is 35.5. The molecule has 1 amide bonds. The second-order valence-corrected chi connectivity index (χ2v) is 6.93. The maximum Gasteiger partial charge on any atom is 0.407 e. The molecule has 1 N–H and O–H groups in total. The molecule has 0 unspecified atom stereocenters. The third-order valence-electron chi connectivity index (χ3n) is 5.06. The minimum absolute atomic E-state index is 0.325. The van der Waals surface area contributed by atoms with Crippen LogP contribution in [0.5, 0.6) is 0 Å². The molecule has 3 rings (SSSR count).